The van der Waals surface area contributed by atoms with Gasteiger partial charge in [-0.2, -0.15) is 42.1 Å². The van der Waals surface area contributed by atoms with Gasteiger partial charge in [-0.25, -0.2) is 0 Å². The molecule has 296 valence electrons. The molecule has 15 nitrogen and oxygen atoms in total. The first-order valence-electron chi connectivity index (χ1n) is 19.5. The minimum absolute atomic E-state index is 0.0611. The third kappa shape index (κ3) is 4.64. The molecule has 0 spiro atoms. The first-order valence-corrected chi connectivity index (χ1v) is 19.5. The van der Waals surface area contributed by atoms with Crippen LogP contribution in [0.2, 0.25) is 0 Å². The Hall–Kier alpha value is -8.08. The molecule has 0 aromatic carbocycles. The number of fused-ring (bicyclic) bond motifs is 11. The number of hydrogen-bond acceptors (Lipinski definition) is 13. The van der Waals surface area contributed by atoms with E-state index in [1.807, 2.05) is 49.4 Å². The van der Waals surface area contributed by atoms with E-state index in [1.165, 1.54) is 7.11 Å². The zero-order chi connectivity index (χ0) is 44.0. The van der Waals surface area contributed by atoms with Crippen LogP contribution in [0.5, 0.6) is 0 Å². The number of ketones is 1. The Morgan fingerprint density at radius 2 is 1.51 bits per heavy atom. The minimum Gasteiger partial charge on any atom is -0.469 e. The maximum absolute atomic E-state index is 13.9. The van der Waals surface area contributed by atoms with E-state index in [1.54, 1.807) is 39.0 Å². The molecule has 3 aromatic heterocycles. The highest BCUT2D eigenvalue weighted by Crippen LogP contribution is 2.67. The molecule has 5 heterocycles. The summed E-state index contributed by atoms with van der Waals surface area (Å²) in [5.74, 6) is -2.09. The van der Waals surface area contributed by atoms with Crippen LogP contribution in [0.3, 0.4) is 0 Å². The molecule has 0 saturated heterocycles. The van der Waals surface area contributed by atoms with Crippen molar-refractivity contribution in [3.05, 3.63) is 74.9 Å². The molecule has 15 heteroatoms. The van der Waals surface area contributed by atoms with Gasteiger partial charge in [0.1, 0.15) is 0 Å². The molecule has 3 aromatic rings. The van der Waals surface area contributed by atoms with Gasteiger partial charge in [0.2, 0.25) is 0 Å². The van der Waals surface area contributed by atoms with E-state index in [2.05, 4.69) is 22.1 Å². The van der Waals surface area contributed by atoms with Gasteiger partial charge in [0, 0.05) is 70.4 Å². The molecule has 4 unspecified atom stereocenters. The number of H-pyrrole nitrogens is 2. The summed E-state index contributed by atoms with van der Waals surface area (Å²) in [6.45, 7) is 7.13. The number of aromatic nitrogens is 4. The summed E-state index contributed by atoms with van der Waals surface area (Å²) in [6.07, 6.45) is 1.75. The fourth-order valence-corrected chi connectivity index (χ4v) is 10.7. The Morgan fingerprint density at radius 3 is 2.11 bits per heavy atom. The van der Waals surface area contributed by atoms with E-state index in [0.717, 1.165) is 0 Å². The number of methoxy groups -OCH3 is 1. The number of hydrogen-bond donors (Lipinski definition) is 2. The zero-order valence-corrected chi connectivity index (χ0v) is 33.8. The Kier molecular flexibility index (Phi) is 8.61. The third-order valence-corrected chi connectivity index (χ3v) is 14.4. The third-order valence-electron chi connectivity index (χ3n) is 14.4. The molecule has 0 radical (unpaired) electrons. The van der Waals surface area contributed by atoms with Gasteiger partial charge in [0.25, 0.3) is 0 Å². The van der Waals surface area contributed by atoms with E-state index < -0.39 is 39.0 Å². The monoisotopic (exact) mass is 802 g/mol. The highest BCUT2D eigenvalue weighted by atomic mass is 16.5. The van der Waals surface area contributed by atoms with Crippen LogP contribution in [-0.4, -0.2) is 38.8 Å². The molecule has 0 amide bonds. The van der Waals surface area contributed by atoms with E-state index in [-0.39, 0.29) is 49.0 Å². The Labute approximate surface area is 350 Å². The predicted octanol–water partition coefficient (Wildman–Crippen LogP) is 6.88. The summed E-state index contributed by atoms with van der Waals surface area (Å²) in [5.41, 5.74) is -3.57. The molecule has 1 saturated carbocycles. The molecule has 2 N–H and O–H groups in total. The van der Waals surface area contributed by atoms with Crippen molar-refractivity contribution in [2.45, 2.75) is 83.0 Å². The molecular weight excluding hydrogens is 769 g/mol. The summed E-state index contributed by atoms with van der Waals surface area (Å²) in [7, 11) is 1.32. The van der Waals surface area contributed by atoms with Crippen LogP contribution < -0.4 is 0 Å². The number of rotatable bonds is 4. The number of aryl methyl sites for hydroxylation is 2. The van der Waals surface area contributed by atoms with Crippen LogP contribution in [0.4, 0.5) is 0 Å². The average Bonchev–Trinajstić information content (AvgIpc) is 4.01. The Morgan fingerprint density at radius 1 is 0.852 bits per heavy atom. The minimum atomic E-state index is -2.32. The average molecular weight is 803 g/mol. The van der Waals surface area contributed by atoms with Gasteiger partial charge < -0.3 is 14.7 Å². The second-order valence-corrected chi connectivity index (χ2v) is 16.7. The number of nitrogens with one attached hydrogen (secondary N) is 2. The maximum atomic E-state index is 13.9. The number of carbonyl (C=O) groups excluding carboxylic acids is 2. The highest BCUT2D eigenvalue weighted by molar-refractivity contribution is 6.13. The summed E-state index contributed by atoms with van der Waals surface area (Å²) in [6, 6.07) is 21.1. The molecule has 2 aliphatic heterocycles. The number of carbonyl (C=O) groups is 2. The van der Waals surface area contributed by atoms with Gasteiger partial charge >= 0.3 is 5.97 Å². The Bertz CT molecular complexity index is 3090. The molecule has 5 aliphatic rings. The number of aromatic amines is 2. The first-order chi connectivity index (χ1) is 29.1. The lowest BCUT2D eigenvalue weighted by atomic mass is 9.44. The van der Waals surface area contributed by atoms with Crippen LogP contribution in [0.25, 0.3) is 27.6 Å². The zero-order valence-electron chi connectivity index (χ0n) is 33.8. The number of ether oxygens (including phenoxy) is 1. The van der Waals surface area contributed by atoms with Crippen molar-refractivity contribution in [3.63, 3.8) is 0 Å². The number of nitriles is 8. The van der Waals surface area contributed by atoms with Crippen LogP contribution in [0.15, 0.2) is 24.3 Å². The van der Waals surface area contributed by atoms with Gasteiger partial charge in [0.05, 0.1) is 83.7 Å². The van der Waals surface area contributed by atoms with E-state index in [9.17, 15) is 51.7 Å². The lowest BCUT2D eigenvalue weighted by Crippen LogP contribution is -2.54. The molecule has 8 bridgehead atoms. The molecule has 61 heavy (non-hydrogen) atoms. The lowest BCUT2D eigenvalue weighted by molar-refractivity contribution is -0.140. The topological polar surface area (TPSA) is 291 Å². The number of Topliss-reactive ketones (excluding diaryl/α,β-unsaturated/α-hetero) is 1. The van der Waals surface area contributed by atoms with Crippen LogP contribution in [0.1, 0.15) is 113 Å². The van der Waals surface area contributed by atoms with Crippen molar-refractivity contribution < 1.29 is 14.3 Å². The normalized spacial score (nSPS) is 23.9. The molecular formula is C46H34N12O3. The van der Waals surface area contributed by atoms with Gasteiger partial charge in [-0.05, 0) is 74.1 Å². The summed E-state index contributed by atoms with van der Waals surface area (Å²) < 4.78 is 4.98. The van der Waals surface area contributed by atoms with Crippen LogP contribution in [0, 0.1) is 126 Å². The first kappa shape index (κ1) is 39.7. The quantitative estimate of drug-likeness (QED) is 0.255. The molecule has 1 fully saturated rings. The van der Waals surface area contributed by atoms with E-state index >= 15 is 0 Å². The standard InChI is InChI=1S/C46H34N12O3/c1-23-26(6-7-37(60)61-5)40-27-10-35(59)39-25(3)32(58-41(27)39)12-33-28-8-9-43(15-47,16-48)46(21-53,22-54)42(28,4)36(56-33)13-34-38(24(2)31(55-34)11-30(23)57-40)29-14-44(17-49,18-50)45(29,19-51)20-52/h8,11-13,23,26,29,55,58H,6-7,9-10,14H2,1-5H3. The SMILES string of the molecule is COC(=O)CCC1c2nc(cc3[nH]c(cc4nc(cc5[nH]c6c2CC(=O)c6c5C)C2=CCC(C#N)(C#N)C(C#N)(C#N)C24C)c(C2CC(C#N)(C#N)C2(C#N)C#N)c3C)C1C. The summed E-state index contributed by atoms with van der Waals surface area (Å²) in [5, 5.41) is 84.8. The van der Waals surface area contributed by atoms with Crippen LogP contribution >= 0.6 is 0 Å². The number of esters is 1. The summed E-state index contributed by atoms with van der Waals surface area (Å²) >= 11 is 0. The second-order valence-electron chi connectivity index (χ2n) is 16.7. The van der Waals surface area contributed by atoms with E-state index in [4.69, 9.17) is 14.7 Å². The van der Waals surface area contributed by atoms with Crippen molar-refractivity contribution in [3.8, 4) is 48.6 Å². The molecule has 3 aliphatic carbocycles. The Balaban J connectivity index is 1.56. The van der Waals surface area contributed by atoms with Gasteiger partial charge in [-0.1, -0.05) is 13.0 Å². The van der Waals surface area contributed by atoms with Crippen molar-refractivity contribution in [1.82, 2.24) is 19.9 Å². The smallest absolute Gasteiger partial charge is 0.305 e. The predicted molar refractivity (Wildman–Crippen MR) is 213 cm³/mol. The highest BCUT2D eigenvalue weighted by Gasteiger charge is 2.71. The maximum Gasteiger partial charge on any atom is 0.305 e. The van der Waals surface area contributed by atoms with Gasteiger partial charge in [-0.15, -0.1) is 0 Å². The number of nitrogens with zero attached hydrogens (tertiary/aromatic N) is 10. The van der Waals surface area contributed by atoms with Crippen molar-refractivity contribution in [2.24, 2.45) is 21.7 Å². The fraction of sp³-hybridized carbons (Fsp3) is 0.391. The van der Waals surface area contributed by atoms with Gasteiger partial charge in [-0.3, -0.25) is 19.6 Å². The van der Waals surface area contributed by atoms with Crippen molar-refractivity contribution >= 4 is 39.4 Å². The fourth-order valence-electron chi connectivity index (χ4n) is 10.7. The number of allylic oxidation sites excluding steroid dienone is 2. The summed E-state index contributed by atoms with van der Waals surface area (Å²) in [4.78, 5) is 43.4. The van der Waals surface area contributed by atoms with Crippen molar-refractivity contribution in [1.29, 1.82) is 42.1 Å². The second kappa shape index (κ2) is 13.2. The van der Waals surface area contributed by atoms with E-state index in [0.29, 0.717) is 79.0 Å². The van der Waals surface area contributed by atoms with Crippen LogP contribution in [-0.2, 0) is 21.4 Å². The van der Waals surface area contributed by atoms with Gasteiger partial charge in [0.15, 0.2) is 27.4 Å². The lowest BCUT2D eigenvalue weighted by Gasteiger charge is -2.49. The van der Waals surface area contributed by atoms with Crippen molar-refractivity contribution in [2.75, 3.05) is 7.11 Å². The molecule has 8 rings (SSSR count). The molecule has 4 atom stereocenters. The largest absolute Gasteiger partial charge is 0.469 e.